The first-order valence-corrected chi connectivity index (χ1v) is 9.67. The molecule has 0 unspecified atom stereocenters. The first kappa shape index (κ1) is 20.4. The van der Waals surface area contributed by atoms with Gasteiger partial charge in [0, 0.05) is 24.7 Å². The number of nitrogens with zero attached hydrogens (tertiary/aromatic N) is 1. The van der Waals surface area contributed by atoms with Crippen molar-refractivity contribution in [3.8, 4) is 0 Å². The van der Waals surface area contributed by atoms with Crippen LogP contribution in [0, 0.1) is 5.82 Å². The standard InChI is InChI=1S/C22H18FNO4S/c1-24(13-15-7-2-5-10-18(15)23)20(25)14-28-22(27)17-9-4-3-8-16(17)21(26)19-11-6-12-29-19/h2-12H,13-14H2,1H3. The molecule has 0 N–H and O–H groups in total. The van der Waals surface area contributed by atoms with Crippen LogP contribution in [0.25, 0.3) is 0 Å². The fourth-order valence-corrected chi connectivity index (χ4v) is 3.36. The summed E-state index contributed by atoms with van der Waals surface area (Å²) in [6.45, 7) is -0.457. The Hall–Kier alpha value is -3.32. The molecule has 29 heavy (non-hydrogen) atoms. The van der Waals surface area contributed by atoms with Crippen LogP contribution in [0.4, 0.5) is 4.39 Å². The predicted molar refractivity (Wildman–Crippen MR) is 107 cm³/mol. The van der Waals surface area contributed by atoms with Crippen molar-refractivity contribution in [3.63, 3.8) is 0 Å². The molecule has 5 nitrogen and oxygen atoms in total. The second-order valence-corrected chi connectivity index (χ2v) is 7.22. The van der Waals surface area contributed by atoms with Crippen molar-refractivity contribution in [2.45, 2.75) is 6.54 Å². The van der Waals surface area contributed by atoms with Crippen molar-refractivity contribution in [1.29, 1.82) is 0 Å². The largest absolute Gasteiger partial charge is 0.452 e. The van der Waals surface area contributed by atoms with Crippen molar-refractivity contribution < 1.29 is 23.5 Å². The molecule has 0 saturated heterocycles. The van der Waals surface area contributed by atoms with Crippen LogP contribution >= 0.6 is 11.3 Å². The lowest BCUT2D eigenvalue weighted by molar-refractivity contribution is -0.133. The van der Waals surface area contributed by atoms with E-state index in [4.69, 9.17) is 4.74 Å². The van der Waals surface area contributed by atoms with Crippen molar-refractivity contribution in [1.82, 2.24) is 4.90 Å². The Morgan fingerprint density at radius 1 is 0.966 bits per heavy atom. The summed E-state index contributed by atoms with van der Waals surface area (Å²) in [5.74, 6) is -1.94. The lowest BCUT2D eigenvalue weighted by Crippen LogP contribution is -2.31. The monoisotopic (exact) mass is 411 g/mol. The smallest absolute Gasteiger partial charge is 0.339 e. The highest BCUT2D eigenvalue weighted by Crippen LogP contribution is 2.19. The number of hydrogen-bond acceptors (Lipinski definition) is 5. The lowest BCUT2D eigenvalue weighted by Gasteiger charge is -2.17. The molecule has 0 aliphatic rings. The highest BCUT2D eigenvalue weighted by molar-refractivity contribution is 7.12. The van der Waals surface area contributed by atoms with Crippen molar-refractivity contribution >= 4 is 29.0 Å². The fourth-order valence-electron chi connectivity index (χ4n) is 2.69. The molecule has 1 heterocycles. The van der Waals surface area contributed by atoms with Gasteiger partial charge in [0.1, 0.15) is 5.82 Å². The van der Waals surface area contributed by atoms with E-state index in [1.807, 2.05) is 0 Å². The first-order chi connectivity index (χ1) is 14.0. The number of esters is 1. The molecule has 0 aliphatic heterocycles. The van der Waals surface area contributed by atoms with Crippen molar-refractivity contribution in [2.75, 3.05) is 13.7 Å². The van der Waals surface area contributed by atoms with E-state index in [0.717, 1.165) is 0 Å². The molecule has 0 fully saturated rings. The number of likely N-dealkylation sites (N-methyl/N-ethyl adjacent to an activating group) is 1. The SMILES string of the molecule is CN(Cc1ccccc1F)C(=O)COC(=O)c1ccccc1C(=O)c1cccs1. The zero-order valence-corrected chi connectivity index (χ0v) is 16.4. The molecule has 7 heteroatoms. The van der Waals surface area contributed by atoms with Crippen LogP contribution in [0.3, 0.4) is 0 Å². The van der Waals surface area contributed by atoms with Gasteiger partial charge in [-0.15, -0.1) is 11.3 Å². The third-order valence-corrected chi connectivity index (χ3v) is 5.12. The Labute approximate surface area is 171 Å². The van der Waals surface area contributed by atoms with E-state index in [0.29, 0.717) is 10.4 Å². The van der Waals surface area contributed by atoms with Crippen molar-refractivity contribution in [2.24, 2.45) is 0 Å². The van der Waals surface area contributed by atoms with Crippen LogP contribution in [0.15, 0.2) is 66.0 Å². The number of benzene rings is 2. The fraction of sp³-hybridized carbons (Fsp3) is 0.136. The summed E-state index contributed by atoms with van der Waals surface area (Å²) in [4.78, 5) is 39.1. The average molecular weight is 411 g/mol. The Balaban J connectivity index is 1.64. The third-order valence-electron chi connectivity index (χ3n) is 4.25. The number of thiophene rings is 1. The third kappa shape index (κ3) is 4.94. The molecule has 0 radical (unpaired) electrons. The van der Waals surface area contributed by atoms with Crippen LogP contribution in [0.2, 0.25) is 0 Å². The molecule has 148 valence electrons. The molecule has 3 rings (SSSR count). The van der Waals surface area contributed by atoms with Crippen LogP contribution in [0.5, 0.6) is 0 Å². The maximum atomic E-state index is 13.7. The predicted octanol–water partition coefficient (Wildman–Crippen LogP) is 3.93. The molecule has 3 aromatic rings. The molecular formula is C22H18FNO4S. The van der Waals surface area contributed by atoms with E-state index in [1.165, 1.54) is 35.4 Å². The summed E-state index contributed by atoms with van der Waals surface area (Å²) in [6.07, 6.45) is 0. The Bertz CT molecular complexity index is 1030. The van der Waals surface area contributed by atoms with Gasteiger partial charge >= 0.3 is 5.97 Å². The van der Waals surface area contributed by atoms with Gasteiger partial charge < -0.3 is 9.64 Å². The van der Waals surface area contributed by atoms with E-state index >= 15 is 0 Å². The second-order valence-electron chi connectivity index (χ2n) is 6.27. The molecule has 0 spiro atoms. The molecule has 0 atom stereocenters. The number of carbonyl (C=O) groups excluding carboxylic acids is 3. The van der Waals surface area contributed by atoms with Crippen LogP contribution in [-0.2, 0) is 16.1 Å². The minimum absolute atomic E-state index is 0.0521. The maximum Gasteiger partial charge on any atom is 0.339 e. The van der Waals surface area contributed by atoms with Gasteiger partial charge in [-0.1, -0.05) is 42.5 Å². The summed E-state index contributed by atoms with van der Waals surface area (Å²) in [5.41, 5.74) is 0.670. The summed E-state index contributed by atoms with van der Waals surface area (Å²) in [7, 11) is 1.50. The summed E-state index contributed by atoms with van der Waals surface area (Å²) in [6, 6.07) is 15.9. The summed E-state index contributed by atoms with van der Waals surface area (Å²) >= 11 is 1.28. The normalized spacial score (nSPS) is 10.4. The van der Waals surface area contributed by atoms with Gasteiger partial charge in [-0.3, -0.25) is 9.59 Å². The van der Waals surface area contributed by atoms with Gasteiger partial charge in [-0.05, 0) is 23.6 Å². The zero-order valence-electron chi connectivity index (χ0n) is 15.6. The number of halogens is 1. The van der Waals surface area contributed by atoms with Gasteiger partial charge in [-0.2, -0.15) is 0 Å². The summed E-state index contributed by atoms with van der Waals surface area (Å²) in [5, 5.41) is 1.78. The van der Waals surface area contributed by atoms with Gasteiger partial charge in [0.15, 0.2) is 6.61 Å². The van der Waals surface area contributed by atoms with Crippen LogP contribution in [0.1, 0.15) is 31.2 Å². The van der Waals surface area contributed by atoms with Gasteiger partial charge in [0.05, 0.1) is 10.4 Å². The van der Waals surface area contributed by atoms with E-state index in [2.05, 4.69) is 0 Å². The first-order valence-electron chi connectivity index (χ1n) is 8.79. The zero-order chi connectivity index (χ0) is 20.8. The van der Waals surface area contributed by atoms with E-state index in [9.17, 15) is 18.8 Å². The number of carbonyl (C=O) groups is 3. The van der Waals surface area contributed by atoms with Gasteiger partial charge in [-0.25, -0.2) is 9.18 Å². The molecule has 1 amide bonds. The second kappa shape index (κ2) is 9.25. The lowest BCUT2D eigenvalue weighted by atomic mass is 10.0. The van der Waals surface area contributed by atoms with Gasteiger partial charge in [0.25, 0.3) is 5.91 Å². The number of amides is 1. The Morgan fingerprint density at radius 2 is 1.66 bits per heavy atom. The Morgan fingerprint density at radius 3 is 2.34 bits per heavy atom. The van der Waals surface area contributed by atoms with Crippen molar-refractivity contribution in [3.05, 3.63) is 93.4 Å². The molecule has 1 aromatic heterocycles. The van der Waals surface area contributed by atoms with E-state index in [-0.39, 0.29) is 23.5 Å². The maximum absolute atomic E-state index is 13.7. The number of ketones is 1. The molecule has 0 aliphatic carbocycles. The van der Waals surface area contributed by atoms with E-state index < -0.39 is 24.3 Å². The quantitative estimate of drug-likeness (QED) is 0.437. The number of hydrogen-bond donors (Lipinski definition) is 0. The molecule has 0 saturated carbocycles. The van der Waals surface area contributed by atoms with Crippen LogP contribution in [-0.4, -0.2) is 36.2 Å². The topological polar surface area (TPSA) is 63.7 Å². The van der Waals surface area contributed by atoms with Crippen LogP contribution < -0.4 is 0 Å². The van der Waals surface area contributed by atoms with E-state index in [1.54, 1.807) is 53.9 Å². The minimum Gasteiger partial charge on any atom is -0.452 e. The highest BCUT2D eigenvalue weighted by atomic mass is 32.1. The molecule has 2 aromatic carbocycles. The average Bonchev–Trinajstić information content (AvgIpc) is 3.27. The van der Waals surface area contributed by atoms with Gasteiger partial charge in [0.2, 0.25) is 5.78 Å². The highest BCUT2D eigenvalue weighted by Gasteiger charge is 2.21. The minimum atomic E-state index is -0.766. The Kier molecular flexibility index (Phi) is 6.51. The number of ether oxygens (including phenoxy) is 1. The molecule has 0 bridgehead atoms. The summed E-state index contributed by atoms with van der Waals surface area (Å²) < 4.78 is 18.8. The number of rotatable bonds is 7. The molecular weight excluding hydrogens is 393 g/mol.